The van der Waals surface area contributed by atoms with Gasteiger partial charge in [0.25, 0.3) is 0 Å². The molecule has 1 aromatic carbocycles. The molecule has 0 bridgehead atoms. The molecule has 1 rings (SSSR count). The fourth-order valence-electron chi connectivity index (χ4n) is 1.77. The number of nitrogens with two attached hydrogens (primary N) is 1. The third-order valence-corrected chi connectivity index (χ3v) is 3.78. The lowest BCUT2D eigenvalue weighted by Gasteiger charge is -2.17. The summed E-state index contributed by atoms with van der Waals surface area (Å²) in [6.07, 6.45) is 1.23. The van der Waals surface area contributed by atoms with E-state index in [1.807, 2.05) is 24.1 Å². The lowest BCUT2D eigenvalue weighted by atomic mass is 10.1. The minimum absolute atomic E-state index is 0.0427. The van der Waals surface area contributed by atoms with E-state index in [1.165, 1.54) is 13.4 Å². The van der Waals surface area contributed by atoms with Gasteiger partial charge >= 0.3 is 0 Å². The number of methoxy groups -OCH3 is 1. The van der Waals surface area contributed by atoms with Gasteiger partial charge in [-0.05, 0) is 24.7 Å². The Balaban J connectivity index is 2.76. The monoisotopic (exact) mass is 299 g/mol. The SMILES string of the molecule is COc1cc(CN(C)CCS(C)(=O)=O)ccc1C(=N)N. The van der Waals surface area contributed by atoms with Crippen LogP contribution in [0.3, 0.4) is 0 Å². The molecule has 0 saturated carbocycles. The first-order valence-electron chi connectivity index (χ1n) is 6.10. The van der Waals surface area contributed by atoms with Crippen LogP contribution < -0.4 is 10.5 Å². The first kappa shape index (κ1) is 16.5. The van der Waals surface area contributed by atoms with Crippen molar-refractivity contribution in [2.45, 2.75) is 6.54 Å². The number of nitrogen functional groups attached to an aromatic ring is 1. The van der Waals surface area contributed by atoms with Gasteiger partial charge in [0.1, 0.15) is 21.4 Å². The summed E-state index contributed by atoms with van der Waals surface area (Å²) in [7, 11) is 0.431. The van der Waals surface area contributed by atoms with E-state index in [9.17, 15) is 8.42 Å². The molecular weight excluding hydrogens is 278 g/mol. The molecule has 1 aromatic rings. The molecule has 6 nitrogen and oxygen atoms in total. The molecule has 0 aliphatic rings. The Morgan fingerprint density at radius 1 is 1.45 bits per heavy atom. The van der Waals surface area contributed by atoms with Crippen LogP contribution >= 0.6 is 0 Å². The van der Waals surface area contributed by atoms with Gasteiger partial charge in [0.05, 0.1) is 18.4 Å². The second kappa shape index (κ2) is 6.71. The van der Waals surface area contributed by atoms with Crippen LogP contribution in [0.25, 0.3) is 0 Å². The van der Waals surface area contributed by atoms with Gasteiger partial charge in [0.15, 0.2) is 0 Å². The van der Waals surface area contributed by atoms with Crippen molar-refractivity contribution in [1.29, 1.82) is 5.41 Å². The van der Waals surface area contributed by atoms with Crippen LogP contribution in [-0.4, -0.2) is 51.9 Å². The molecule has 0 aliphatic carbocycles. The minimum Gasteiger partial charge on any atom is -0.496 e. The lowest BCUT2D eigenvalue weighted by Crippen LogP contribution is -2.25. The summed E-state index contributed by atoms with van der Waals surface area (Å²) in [6, 6.07) is 5.41. The van der Waals surface area contributed by atoms with Crippen LogP contribution in [0.5, 0.6) is 5.75 Å². The topological polar surface area (TPSA) is 96.5 Å². The first-order valence-corrected chi connectivity index (χ1v) is 8.16. The Morgan fingerprint density at radius 2 is 2.10 bits per heavy atom. The number of rotatable bonds is 7. The number of nitrogens with zero attached hydrogens (tertiary/aromatic N) is 1. The zero-order valence-corrected chi connectivity index (χ0v) is 12.8. The summed E-state index contributed by atoms with van der Waals surface area (Å²) < 4.78 is 27.5. The maximum Gasteiger partial charge on any atom is 0.148 e. The van der Waals surface area contributed by atoms with Gasteiger partial charge in [-0.3, -0.25) is 5.41 Å². The zero-order valence-electron chi connectivity index (χ0n) is 12.0. The molecule has 112 valence electrons. The van der Waals surface area contributed by atoms with Crippen molar-refractivity contribution in [2.24, 2.45) is 5.73 Å². The average Bonchev–Trinajstić information content (AvgIpc) is 2.35. The molecule has 0 amide bonds. The highest BCUT2D eigenvalue weighted by molar-refractivity contribution is 7.90. The quantitative estimate of drug-likeness (QED) is 0.563. The van der Waals surface area contributed by atoms with Gasteiger partial charge in [-0.1, -0.05) is 6.07 Å². The van der Waals surface area contributed by atoms with Gasteiger partial charge in [-0.15, -0.1) is 0 Å². The van der Waals surface area contributed by atoms with Crippen molar-refractivity contribution in [3.63, 3.8) is 0 Å². The number of benzene rings is 1. The average molecular weight is 299 g/mol. The Labute approximate surface area is 120 Å². The fraction of sp³-hybridized carbons (Fsp3) is 0.462. The summed E-state index contributed by atoms with van der Waals surface area (Å²) in [4.78, 5) is 1.92. The molecule has 0 aromatic heterocycles. The summed E-state index contributed by atoms with van der Waals surface area (Å²) in [5, 5.41) is 7.45. The number of nitrogens with one attached hydrogen (secondary N) is 1. The normalized spacial score (nSPS) is 11.6. The van der Waals surface area contributed by atoms with Crippen molar-refractivity contribution in [1.82, 2.24) is 4.90 Å². The Morgan fingerprint density at radius 3 is 2.60 bits per heavy atom. The highest BCUT2D eigenvalue weighted by Crippen LogP contribution is 2.20. The maximum absolute atomic E-state index is 11.1. The van der Waals surface area contributed by atoms with E-state index in [4.69, 9.17) is 15.9 Å². The summed E-state index contributed by atoms with van der Waals surface area (Å²) in [6.45, 7) is 1.07. The maximum atomic E-state index is 11.1. The second-order valence-corrected chi connectivity index (χ2v) is 7.08. The molecule has 20 heavy (non-hydrogen) atoms. The Bertz CT molecular complexity index is 585. The third kappa shape index (κ3) is 5.18. The highest BCUT2D eigenvalue weighted by atomic mass is 32.2. The molecule has 0 fully saturated rings. The zero-order chi connectivity index (χ0) is 15.3. The third-order valence-electron chi connectivity index (χ3n) is 2.85. The van der Waals surface area contributed by atoms with E-state index in [-0.39, 0.29) is 11.6 Å². The molecule has 0 unspecified atom stereocenters. The van der Waals surface area contributed by atoms with E-state index >= 15 is 0 Å². The van der Waals surface area contributed by atoms with E-state index in [0.717, 1.165) is 5.56 Å². The molecule has 0 saturated heterocycles. The van der Waals surface area contributed by atoms with E-state index < -0.39 is 9.84 Å². The predicted octanol–water partition coefficient (Wildman–Crippen LogP) is 0.456. The van der Waals surface area contributed by atoms with Gasteiger partial charge in [-0.2, -0.15) is 0 Å². The molecule has 0 aliphatic heterocycles. The van der Waals surface area contributed by atoms with Crippen molar-refractivity contribution >= 4 is 15.7 Å². The molecular formula is C13H21N3O3S. The fourth-order valence-corrected chi connectivity index (χ4v) is 2.41. The Kier molecular flexibility index (Phi) is 5.52. The lowest BCUT2D eigenvalue weighted by molar-refractivity contribution is 0.345. The van der Waals surface area contributed by atoms with Crippen molar-refractivity contribution in [2.75, 3.05) is 32.7 Å². The highest BCUT2D eigenvalue weighted by Gasteiger charge is 2.10. The van der Waals surface area contributed by atoms with Gasteiger partial charge < -0.3 is 15.4 Å². The largest absolute Gasteiger partial charge is 0.496 e. The van der Waals surface area contributed by atoms with Crippen molar-refractivity contribution < 1.29 is 13.2 Å². The minimum atomic E-state index is -2.95. The van der Waals surface area contributed by atoms with Crippen LogP contribution in [0.15, 0.2) is 18.2 Å². The molecule has 0 radical (unpaired) electrons. The van der Waals surface area contributed by atoms with Gasteiger partial charge in [0, 0.05) is 19.3 Å². The molecule has 7 heteroatoms. The second-order valence-electron chi connectivity index (χ2n) is 4.82. The van der Waals surface area contributed by atoms with Crippen molar-refractivity contribution in [3.05, 3.63) is 29.3 Å². The molecule has 3 N–H and O–H groups in total. The number of amidine groups is 1. The summed E-state index contributed by atoms with van der Waals surface area (Å²) >= 11 is 0. The number of hydrogen-bond donors (Lipinski definition) is 2. The molecule has 0 spiro atoms. The van der Waals surface area contributed by atoms with Crippen LogP contribution in [0.4, 0.5) is 0 Å². The predicted molar refractivity (Wildman–Crippen MR) is 80.1 cm³/mol. The van der Waals surface area contributed by atoms with E-state index in [1.54, 1.807) is 6.07 Å². The summed E-state index contributed by atoms with van der Waals surface area (Å²) in [5.41, 5.74) is 6.99. The van der Waals surface area contributed by atoms with Crippen LogP contribution in [0.1, 0.15) is 11.1 Å². The van der Waals surface area contributed by atoms with Crippen LogP contribution in [-0.2, 0) is 16.4 Å². The van der Waals surface area contributed by atoms with Crippen LogP contribution in [0.2, 0.25) is 0 Å². The standard InChI is InChI=1S/C13H21N3O3S/c1-16(6-7-20(3,17)18)9-10-4-5-11(13(14)15)12(8-10)19-2/h4-5,8H,6-7,9H2,1-3H3,(H3,14,15). The smallest absolute Gasteiger partial charge is 0.148 e. The summed E-state index contributed by atoms with van der Waals surface area (Å²) in [5.74, 6) is 0.636. The van der Waals surface area contributed by atoms with Crippen molar-refractivity contribution in [3.8, 4) is 5.75 Å². The van der Waals surface area contributed by atoms with E-state index in [0.29, 0.717) is 24.4 Å². The number of ether oxygens (including phenoxy) is 1. The van der Waals surface area contributed by atoms with Gasteiger partial charge in [0.2, 0.25) is 0 Å². The van der Waals surface area contributed by atoms with Crippen LogP contribution in [0, 0.1) is 5.41 Å². The molecule has 0 heterocycles. The Hall–Kier alpha value is -1.60. The van der Waals surface area contributed by atoms with Gasteiger partial charge in [-0.25, -0.2) is 8.42 Å². The number of hydrogen-bond acceptors (Lipinski definition) is 5. The first-order chi connectivity index (χ1) is 9.23. The van der Waals surface area contributed by atoms with E-state index in [2.05, 4.69) is 0 Å². The number of sulfone groups is 1. The molecule has 0 atom stereocenters.